The number of esters is 1. The molecule has 1 N–H and O–H groups in total. The normalized spacial score (nSPS) is 19.1. The van der Waals surface area contributed by atoms with Gasteiger partial charge in [-0.1, -0.05) is 36.4 Å². The van der Waals surface area contributed by atoms with E-state index >= 15 is 0 Å². The molecule has 1 aliphatic rings. The number of halogens is 2. The highest BCUT2D eigenvalue weighted by Crippen LogP contribution is 2.34. The maximum absolute atomic E-state index is 13.6. The van der Waals surface area contributed by atoms with E-state index in [0.717, 1.165) is 4.90 Å². The van der Waals surface area contributed by atoms with Crippen LogP contribution in [0.3, 0.4) is 0 Å². The first-order valence-electron chi connectivity index (χ1n) is 12.1. The molecule has 200 valence electrons. The number of carbonyl (C=O) groups excluding carboxylic acids is 1. The summed E-state index contributed by atoms with van der Waals surface area (Å²) in [4.78, 5) is 15.8. The molecule has 10 heteroatoms. The molecule has 0 radical (unpaired) electrons. The summed E-state index contributed by atoms with van der Waals surface area (Å²) in [6, 6.07) is 28.5. The van der Waals surface area contributed by atoms with Gasteiger partial charge in [0.05, 0.1) is 22.9 Å². The van der Waals surface area contributed by atoms with Crippen LogP contribution in [-0.2, 0) is 30.5 Å². The highest BCUT2D eigenvalue weighted by atomic mass is 32.2. The van der Waals surface area contributed by atoms with Gasteiger partial charge in [-0.15, -0.1) is 0 Å². The zero-order chi connectivity index (χ0) is 27.3. The van der Waals surface area contributed by atoms with E-state index in [1.54, 1.807) is 0 Å². The Hall–Kier alpha value is -3.08. The standard InChI is InChI=1S/C28H27F2O6S2/c1-20(28(29,30)38(32,33)34)35-27(31)21-12-14-22(15-13-21)36-23-16-18-26(19-17-23)37(24-8-4-2-5-9-24)25-10-6-3-7-11-25/h2-11,16-22H,1,12-15H2/q+1/p+1. The first-order valence-corrected chi connectivity index (χ1v) is 14.7. The van der Waals surface area contributed by atoms with E-state index in [-0.39, 0.29) is 17.0 Å². The Bertz CT molecular complexity index is 1270. The largest absolute Gasteiger partial charge is 0.490 e. The number of hydrogen-bond acceptors (Lipinski definition) is 5. The van der Waals surface area contributed by atoms with Gasteiger partial charge in [0.15, 0.2) is 14.7 Å². The third kappa shape index (κ3) is 6.48. The van der Waals surface area contributed by atoms with Crippen LogP contribution in [0.25, 0.3) is 0 Å². The minimum Gasteiger partial charge on any atom is -0.490 e. The van der Waals surface area contributed by atoms with Gasteiger partial charge in [0.2, 0.25) is 0 Å². The summed E-state index contributed by atoms with van der Waals surface area (Å²) in [7, 11) is -6.03. The minimum absolute atomic E-state index is 0.166. The summed E-state index contributed by atoms with van der Waals surface area (Å²) in [6.45, 7) is 2.88. The van der Waals surface area contributed by atoms with Gasteiger partial charge in [-0.25, -0.2) is 0 Å². The predicted molar refractivity (Wildman–Crippen MR) is 140 cm³/mol. The lowest BCUT2D eigenvalue weighted by atomic mass is 9.87. The van der Waals surface area contributed by atoms with Crippen molar-refractivity contribution in [1.82, 2.24) is 0 Å². The van der Waals surface area contributed by atoms with Crippen LogP contribution >= 0.6 is 0 Å². The summed E-state index contributed by atoms with van der Waals surface area (Å²) < 4.78 is 68.3. The number of ether oxygens (including phenoxy) is 2. The number of benzene rings is 3. The van der Waals surface area contributed by atoms with Crippen LogP contribution in [0.1, 0.15) is 25.7 Å². The maximum Gasteiger partial charge on any atom is 0.448 e. The molecule has 0 aliphatic heterocycles. The van der Waals surface area contributed by atoms with Crippen molar-refractivity contribution in [1.29, 1.82) is 0 Å². The van der Waals surface area contributed by atoms with Crippen molar-refractivity contribution in [3.8, 4) is 5.75 Å². The Labute approximate surface area is 224 Å². The van der Waals surface area contributed by atoms with Crippen molar-refractivity contribution in [2.24, 2.45) is 5.92 Å². The number of rotatable bonds is 9. The third-order valence-corrected chi connectivity index (χ3v) is 9.49. The van der Waals surface area contributed by atoms with Crippen LogP contribution < -0.4 is 4.74 Å². The highest BCUT2D eigenvalue weighted by Gasteiger charge is 2.57. The van der Waals surface area contributed by atoms with Crippen LogP contribution in [0, 0.1) is 12.8 Å². The van der Waals surface area contributed by atoms with Crippen LogP contribution in [0.2, 0.25) is 0 Å². The van der Waals surface area contributed by atoms with Gasteiger partial charge in [0, 0.05) is 0 Å². The van der Waals surface area contributed by atoms with Crippen molar-refractivity contribution in [3.63, 3.8) is 0 Å². The number of hydrogen-bond donors (Lipinski definition) is 1. The molecule has 3 aromatic rings. The molecule has 0 aromatic heterocycles. The van der Waals surface area contributed by atoms with Crippen molar-refractivity contribution < 1.29 is 36.0 Å². The fraction of sp³-hybridized carbons (Fsp3) is 0.286. The fourth-order valence-corrected chi connectivity index (χ4v) is 6.72. The molecule has 4 rings (SSSR count). The predicted octanol–water partition coefficient (Wildman–Crippen LogP) is 5.95. The quantitative estimate of drug-likeness (QED) is 0.150. The van der Waals surface area contributed by atoms with E-state index in [1.807, 2.05) is 60.7 Å². The van der Waals surface area contributed by atoms with Gasteiger partial charge >= 0.3 is 27.4 Å². The Morgan fingerprint density at radius 3 is 1.82 bits per heavy atom. The summed E-state index contributed by atoms with van der Waals surface area (Å²) in [5.74, 6) is -0.961. The van der Waals surface area contributed by atoms with Gasteiger partial charge in [-0.05, 0) is 74.2 Å². The second-order valence-corrected chi connectivity index (χ2v) is 12.5. The highest BCUT2D eigenvalue weighted by molar-refractivity contribution is 7.97. The van der Waals surface area contributed by atoms with E-state index in [2.05, 4.69) is 35.9 Å². The zero-order valence-electron chi connectivity index (χ0n) is 20.4. The smallest absolute Gasteiger partial charge is 0.448 e. The SMILES string of the molecule is [CH2+]C(OC(=O)C1CCC(Oc2ccc([S+](c3ccccc3)c3ccccc3)cc2)CC1)C(F)(F)S(=O)(=O)O. The molecule has 0 saturated heterocycles. The van der Waals surface area contributed by atoms with Crippen molar-refractivity contribution in [3.05, 3.63) is 91.9 Å². The van der Waals surface area contributed by atoms with Gasteiger partial charge < -0.3 is 9.47 Å². The van der Waals surface area contributed by atoms with Gasteiger partial charge in [0.1, 0.15) is 12.7 Å². The molecule has 1 aliphatic carbocycles. The van der Waals surface area contributed by atoms with Crippen molar-refractivity contribution in [2.45, 2.75) is 57.8 Å². The molecule has 0 spiro atoms. The summed E-state index contributed by atoms with van der Waals surface area (Å²) in [6.07, 6.45) is -1.06. The average Bonchev–Trinajstić information content (AvgIpc) is 2.91. The van der Waals surface area contributed by atoms with E-state index in [4.69, 9.17) is 9.29 Å². The first kappa shape index (κ1) is 27.9. The van der Waals surface area contributed by atoms with Crippen LogP contribution in [0.5, 0.6) is 5.75 Å². The van der Waals surface area contributed by atoms with E-state index in [0.29, 0.717) is 31.4 Å². The topological polar surface area (TPSA) is 89.9 Å². The van der Waals surface area contributed by atoms with Crippen molar-refractivity contribution in [2.75, 3.05) is 0 Å². The van der Waals surface area contributed by atoms with Crippen LogP contribution in [-0.4, -0.2) is 36.4 Å². The van der Waals surface area contributed by atoms with Gasteiger partial charge in [-0.3, -0.25) is 9.35 Å². The lowest BCUT2D eigenvalue weighted by molar-refractivity contribution is -0.163. The first-order chi connectivity index (χ1) is 18.1. The molecule has 3 aromatic carbocycles. The Morgan fingerprint density at radius 1 is 0.868 bits per heavy atom. The zero-order valence-corrected chi connectivity index (χ0v) is 22.0. The van der Waals surface area contributed by atoms with Gasteiger partial charge in [-0.2, -0.15) is 17.2 Å². The fourth-order valence-electron chi connectivity index (χ4n) is 4.26. The molecule has 0 heterocycles. The second kappa shape index (κ2) is 11.8. The lowest BCUT2D eigenvalue weighted by Crippen LogP contribution is -2.43. The number of alkyl halides is 2. The Morgan fingerprint density at radius 2 is 1.34 bits per heavy atom. The summed E-state index contributed by atoms with van der Waals surface area (Å²) in [5, 5.41) is -4.68. The van der Waals surface area contributed by atoms with Crippen LogP contribution in [0.4, 0.5) is 8.78 Å². The van der Waals surface area contributed by atoms with E-state index < -0.39 is 33.4 Å². The number of carbonyl (C=O) groups is 1. The molecule has 38 heavy (non-hydrogen) atoms. The molecule has 1 unspecified atom stereocenters. The Kier molecular flexibility index (Phi) is 8.64. The molecule has 1 atom stereocenters. The molecule has 0 bridgehead atoms. The van der Waals surface area contributed by atoms with Crippen LogP contribution in [0.15, 0.2) is 99.6 Å². The molecule has 6 nitrogen and oxygen atoms in total. The third-order valence-electron chi connectivity index (χ3n) is 6.30. The maximum atomic E-state index is 13.6. The molecule has 1 saturated carbocycles. The average molecular weight is 563 g/mol. The summed E-state index contributed by atoms with van der Waals surface area (Å²) >= 11 is 0. The minimum atomic E-state index is -5.75. The van der Waals surface area contributed by atoms with Gasteiger partial charge in [0.25, 0.3) is 0 Å². The summed E-state index contributed by atoms with van der Waals surface area (Å²) in [5.41, 5.74) is 0. The Balaban J connectivity index is 1.35. The molecular weight excluding hydrogens is 534 g/mol. The van der Waals surface area contributed by atoms with E-state index in [9.17, 15) is 22.0 Å². The van der Waals surface area contributed by atoms with Crippen molar-refractivity contribution >= 4 is 27.0 Å². The molecule has 1 fully saturated rings. The lowest BCUT2D eigenvalue weighted by Gasteiger charge is -2.28. The van der Waals surface area contributed by atoms with E-state index in [1.165, 1.54) is 9.79 Å². The molecular formula is C28H28F2O6S2+2. The monoisotopic (exact) mass is 562 g/mol. The second-order valence-electron chi connectivity index (χ2n) is 8.96. The molecule has 0 amide bonds.